The minimum Gasteiger partial charge on any atom is -0.303 e. The zero-order chi connectivity index (χ0) is 25.9. The van der Waals surface area contributed by atoms with Crippen LogP contribution in [0.3, 0.4) is 0 Å². The Hall–Kier alpha value is -1.70. The zero-order valence-corrected chi connectivity index (χ0v) is 22.9. The quantitative estimate of drug-likeness (QED) is 0.172. The van der Waals surface area contributed by atoms with Gasteiger partial charge in [-0.3, -0.25) is 4.79 Å². The van der Waals surface area contributed by atoms with Crippen molar-refractivity contribution in [1.82, 2.24) is 0 Å². The molecule has 0 saturated heterocycles. The Balaban J connectivity index is 0.000000177. The van der Waals surface area contributed by atoms with Gasteiger partial charge in [0.15, 0.2) is 0 Å². The zero-order valence-electron chi connectivity index (χ0n) is 22.9. The lowest BCUT2D eigenvalue weighted by molar-refractivity contribution is -0.125. The molecule has 0 heterocycles. The van der Waals surface area contributed by atoms with Gasteiger partial charge in [-0.25, -0.2) is 0 Å². The van der Waals surface area contributed by atoms with Crippen LogP contribution in [0.4, 0.5) is 0 Å². The molecule has 0 spiro atoms. The van der Waals surface area contributed by atoms with E-state index in [9.17, 15) is 9.59 Å². The van der Waals surface area contributed by atoms with Crippen LogP contribution in [-0.2, 0) is 9.59 Å². The maximum Gasteiger partial charge on any atom is 0.145 e. The van der Waals surface area contributed by atoms with Crippen molar-refractivity contribution in [2.75, 3.05) is 0 Å². The van der Waals surface area contributed by atoms with E-state index in [0.717, 1.165) is 54.8 Å². The standard InChI is InChI=1S/C17H26O.C12H18O.C4H6/c1-16(2)14-8-7-13(11-14)15(16)17(12-18)9-5-3-4-6-10-17;1-8(7-13)11-9-4-5-10(6-9)12(11,2)3;1-3-4-2/h3,5,12-15H,4,6-11H2,1-2H3;7,9-11H,1,4-6H2,2-3H3;3-4H,1-2H2. The number of hydrogen-bond acceptors (Lipinski definition) is 2. The van der Waals surface area contributed by atoms with Crippen LogP contribution in [-0.4, -0.2) is 12.6 Å². The molecule has 0 amide bonds. The second-order valence-electron chi connectivity index (χ2n) is 13.2. The van der Waals surface area contributed by atoms with Crippen LogP contribution < -0.4 is 0 Å². The summed E-state index contributed by atoms with van der Waals surface area (Å²) in [6, 6.07) is 0. The van der Waals surface area contributed by atoms with E-state index in [0.29, 0.717) is 22.7 Å². The first-order chi connectivity index (χ1) is 16.6. The first kappa shape index (κ1) is 27.9. The van der Waals surface area contributed by atoms with Crippen molar-refractivity contribution in [3.8, 4) is 0 Å². The fourth-order valence-electron chi connectivity index (χ4n) is 9.31. The van der Waals surface area contributed by atoms with Crippen LogP contribution in [0.2, 0.25) is 0 Å². The van der Waals surface area contributed by atoms with E-state index >= 15 is 0 Å². The van der Waals surface area contributed by atoms with E-state index in [-0.39, 0.29) is 5.41 Å². The molecule has 35 heavy (non-hydrogen) atoms. The molecular weight excluding hydrogens is 428 g/mol. The van der Waals surface area contributed by atoms with E-state index in [1.165, 1.54) is 51.2 Å². The molecule has 4 fully saturated rings. The second-order valence-corrected chi connectivity index (χ2v) is 13.2. The van der Waals surface area contributed by atoms with Crippen LogP contribution >= 0.6 is 0 Å². The Labute approximate surface area is 215 Å². The Morgan fingerprint density at radius 3 is 1.94 bits per heavy atom. The first-order valence-electron chi connectivity index (χ1n) is 14.1. The van der Waals surface area contributed by atoms with Gasteiger partial charge in [0.25, 0.3) is 0 Å². The minimum atomic E-state index is -0.0453. The Kier molecular flexibility index (Phi) is 8.87. The Morgan fingerprint density at radius 2 is 1.46 bits per heavy atom. The van der Waals surface area contributed by atoms with Crippen molar-refractivity contribution in [1.29, 1.82) is 0 Å². The number of hydrogen-bond donors (Lipinski definition) is 0. The van der Waals surface area contributed by atoms with E-state index in [1.54, 1.807) is 12.2 Å². The van der Waals surface area contributed by atoms with Gasteiger partial charge in [-0.2, -0.15) is 0 Å². The normalized spacial score (nSPS) is 39.3. The average Bonchev–Trinajstić information content (AvgIpc) is 3.57. The molecule has 0 aliphatic heterocycles. The molecule has 0 aromatic heterocycles. The van der Waals surface area contributed by atoms with Gasteiger partial charge in [-0.1, -0.05) is 71.7 Å². The largest absolute Gasteiger partial charge is 0.303 e. The average molecular weight is 479 g/mol. The predicted molar refractivity (Wildman–Crippen MR) is 148 cm³/mol. The molecule has 4 saturated carbocycles. The van der Waals surface area contributed by atoms with Gasteiger partial charge in [0, 0.05) is 5.41 Å². The summed E-state index contributed by atoms with van der Waals surface area (Å²) in [5, 5.41) is 0. The van der Waals surface area contributed by atoms with Crippen molar-refractivity contribution in [3.05, 3.63) is 49.6 Å². The summed E-state index contributed by atoms with van der Waals surface area (Å²) in [4.78, 5) is 22.7. The fraction of sp³-hybridized carbons (Fsp3) is 0.697. The highest BCUT2D eigenvalue weighted by Crippen LogP contribution is 2.66. The molecule has 0 radical (unpaired) electrons. The summed E-state index contributed by atoms with van der Waals surface area (Å²) < 4.78 is 0. The SMILES string of the molecule is C=C(C=O)C1C2CCC(C2)C1(C)C.C=CC=C.CC1(C)C2CCC(C2)C1C1(C=O)CC=CCCC1. The van der Waals surface area contributed by atoms with Gasteiger partial charge in [0.1, 0.15) is 12.6 Å². The number of carbonyl (C=O) groups excluding carboxylic acids is 2. The van der Waals surface area contributed by atoms with Gasteiger partial charge in [-0.05, 0) is 116 Å². The lowest BCUT2D eigenvalue weighted by Crippen LogP contribution is -2.44. The molecular formula is C33H50O2. The van der Waals surface area contributed by atoms with Crippen molar-refractivity contribution >= 4 is 12.6 Å². The summed E-state index contributed by atoms with van der Waals surface area (Å²) >= 11 is 0. The lowest BCUT2D eigenvalue weighted by atomic mass is 9.56. The third-order valence-corrected chi connectivity index (χ3v) is 10.8. The topological polar surface area (TPSA) is 34.1 Å². The smallest absolute Gasteiger partial charge is 0.145 e. The van der Waals surface area contributed by atoms with Gasteiger partial charge < -0.3 is 4.79 Å². The van der Waals surface area contributed by atoms with E-state index in [4.69, 9.17) is 0 Å². The van der Waals surface area contributed by atoms with Gasteiger partial charge in [0.05, 0.1) is 0 Å². The maximum absolute atomic E-state index is 12.0. The van der Waals surface area contributed by atoms with E-state index in [2.05, 4.69) is 59.6 Å². The molecule has 5 aliphatic rings. The van der Waals surface area contributed by atoms with Crippen LogP contribution in [0.1, 0.15) is 91.9 Å². The Bertz CT molecular complexity index is 824. The molecule has 0 N–H and O–H groups in total. The monoisotopic (exact) mass is 478 g/mol. The molecule has 7 atom stereocenters. The van der Waals surface area contributed by atoms with Crippen LogP contribution in [0.15, 0.2) is 49.6 Å². The molecule has 2 heteroatoms. The molecule has 194 valence electrons. The number of allylic oxidation sites excluding steroid dienone is 5. The van der Waals surface area contributed by atoms with Crippen molar-refractivity contribution in [2.24, 2.45) is 51.8 Å². The predicted octanol–water partition coefficient (Wildman–Crippen LogP) is 8.55. The minimum absolute atomic E-state index is 0.0453. The first-order valence-corrected chi connectivity index (χ1v) is 14.1. The third-order valence-electron chi connectivity index (χ3n) is 10.8. The number of fused-ring (bicyclic) bond motifs is 4. The van der Waals surface area contributed by atoms with Gasteiger partial charge in [-0.15, -0.1) is 0 Å². The molecule has 0 aromatic carbocycles. The number of aldehydes is 2. The summed E-state index contributed by atoms with van der Waals surface area (Å²) in [6.07, 6.45) is 22.8. The van der Waals surface area contributed by atoms with Crippen LogP contribution in [0.5, 0.6) is 0 Å². The molecule has 7 unspecified atom stereocenters. The lowest BCUT2D eigenvalue weighted by Gasteiger charge is -2.48. The number of rotatable bonds is 5. The van der Waals surface area contributed by atoms with E-state index < -0.39 is 0 Å². The highest BCUT2D eigenvalue weighted by Gasteiger charge is 2.59. The highest BCUT2D eigenvalue weighted by atomic mass is 16.1. The highest BCUT2D eigenvalue weighted by molar-refractivity contribution is 5.73. The van der Waals surface area contributed by atoms with Gasteiger partial charge >= 0.3 is 0 Å². The summed E-state index contributed by atoms with van der Waals surface area (Å²) in [7, 11) is 0. The van der Waals surface area contributed by atoms with E-state index in [1.807, 2.05) is 0 Å². The maximum atomic E-state index is 12.0. The molecule has 0 aromatic rings. The van der Waals surface area contributed by atoms with Crippen molar-refractivity contribution in [2.45, 2.75) is 91.9 Å². The molecule has 5 rings (SSSR count). The summed E-state index contributed by atoms with van der Waals surface area (Å²) in [5.41, 5.74) is 1.48. The van der Waals surface area contributed by atoms with Crippen LogP contribution in [0, 0.1) is 51.8 Å². The fourth-order valence-corrected chi connectivity index (χ4v) is 9.31. The van der Waals surface area contributed by atoms with Crippen molar-refractivity contribution in [3.63, 3.8) is 0 Å². The third kappa shape index (κ3) is 5.23. The van der Waals surface area contributed by atoms with Crippen molar-refractivity contribution < 1.29 is 9.59 Å². The summed E-state index contributed by atoms with van der Waals surface area (Å²) in [6.45, 7) is 20.1. The molecule has 4 bridgehead atoms. The van der Waals surface area contributed by atoms with Gasteiger partial charge in [0.2, 0.25) is 0 Å². The second kappa shape index (κ2) is 11.1. The van der Waals surface area contributed by atoms with Crippen LogP contribution in [0.25, 0.3) is 0 Å². The summed E-state index contributed by atoms with van der Waals surface area (Å²) in [5.74, 6) is 4.36. The number of carbonyl (C=O) groups is 2. The Morgan fingerprint density at radius 1 is 0.857 bits per heavy atom. The molecule has 2 nitrogen and oxygen atoms in total. The molecule has 5 aliphatic carbocycles.